The van der Waals surface area contributed by atoms with Crippen LogP contribution in [-0.2, 0) is 4.79 Å². The summed E-state index contributed by atoms with van der Waals surface area (Å²) in [5.74, 6) is 0.336. The number of nitrogens with zero attached hydrogens (tertiary/aromatic N) is 1. The highest BCUT2D eigenvalue weighted by Crippen LogP contribution is 2.42. The Morgan fingerprint density at radius 2 is 1.76 bits per heavy atom. The zero-order valence-electron chi connectivity index (χ0n) is 17.1. The van der Waals surface area contributed by atoms with Crippen LogP contribution in [0.15, 0.2) is 24.3 Å². The normalized spacial score (nSPS) is 32.1. The van der Waals surface area contributed by atoms with E-state index in [1.54, 1.807) is 6.07 Å². The van der Waals surface area contributed by atoms with Crippen LogP contribution in [0.2, 0.25) is 0 Å². The number of aliphatic hydroxyl groups excluding tert-OH is 1. The second-order valence-corrected chi connectivity index (χ2v) is 9.08. The van der Waals surface area contributed by atoms with Gasteiger partial charge in [-0.1, -0.05) is 12.1 Å². The number of primary amides is 1. The van der Waals surface area contributed by atoms with Crippen molar-refractivity contribution in [3.8, 4) is 0 Å². The molecule has 1 aromatic carbocycles. The van der Waals surface area contributed by atoms with E-state index in [2.05, 4.69) is 16.3 Å². The van der Waals surface area contributed by atoms with Crippen molar-refractivity contribution in [3.63, 3.8) is 0 Å². The van der Waals surface area contributed by atoms with Crippen LogP contribution in [0.1, 0.15) is 73.2 Å². The average molecular weight is 400 g/mol. The van der Waals surface area contributed by atoms with E-state index in [0.29, 0.717) is 30.1 Å². The molecule has 2 amide bonds. The molecule has 1 aromatic rings. The molecule has 2 bridgehead atoms. The van der Waals surface area contributed by atoms with Crippen LogP contribution < -0.4 is 11.1 Å². The van der Waals surface area contributed by atoms with Gasteiger partial charge in [0, 0.05) is 36.7 Å². The molecule has 0 aromatic heterocycles. The number of hydrogen-bond acceptors (Lipinski definition) is 4. The fraction of sp³-hybridized carbons (Fsp3) is 0.652. The minimum atomic E-state index is -0.365. The third-order valence-corrected chi connectivity index (χ3v) is 7.26. The van der Waals surface area contributed by atoms with Gasteiger partial charge in [0.2, 0.25) is 11.8 Å². The molecule has 1 aliphatic carbocycles. The second kappa shape index (κ2) is 8.84. The molecule has 2 saturated heterocycles. The van der Waals surface area contributed by atoms with E-state index >= 15 is 0 Å². The molecule has 0 radical (unpaired) electrons. The molecule has 4 rings (SSSR count). The first-order chi connectivity index (χ1) is 14.0. The predicted octanol–water partition coefficient (Wildman–Crippen LogP) is 2.16. The molecule has 6 nitrogen and oxygen atoms in total. The van der Waals surface area contributed by atoms with Crippen LogP contribution in [0.4, 0.5) is 0 Å². The molecule has 2 aliphatic heterocycles. The standard InChI is InChI=1S/C23H33N3O3/c24-22(28)17-3-1-2-16(12-17)18-13-19-6-7-20(14-18)26(19)11-10-25-23(29)15-4-8-21(27)9-5-15/h1-3,12,15,18-21,27H,4-11,13-14H2,(H2,24,28)(H,25,29)/t15-,18?,19?,20?,21-. The molecule has 4 N–H and O–H groups in total. The first kappa shape index (κ1) is 20.4. The molecule has 2 unspecified atom stereocenters. The maximum absolute atomic E-state index is 12.4. The summed E-state index contributed by atoms with van der Waals surface area (Å²) in [6, 6.07) is 8.90. The minimum Gasteiger partial charge on any atom is -0.393 e. The van der Waals surface area contributed by atoms with Gasteiger partial charge in [0.25, 0.3) is 0 Å². The number of piperidine rings is 1. The second-order valence-electron chi connectivity index (χ2n) is 9.08. The summed E-state index contributed by atoms with van der Waals surface area (Å²) >= 11 is 0. The van der Waals surface area contributed by atoms with Crippen LogP contribution in [0, 0.1) is 5.92 Å². The Bertz CT molecular complexity index is 731. The number of rotatable bonds is 6. The average Bonchev–Trinajstić information content (AvgIpc) is 2.95. The van der Waals surface area contributed by atoms with E-state index in [4.69, 9.17) is 5.73 Å². The first-order valence-electron chi connectivity index (χ1n) is 11.1. The Kier molecular flexibility index (Phi) is 6.20. The van der Waals surface area contributed by atoms with E-state index in [-0.39, 0.29) is 23.8 Å². The lowest BCUT2D eigenvalue weighted by Gasteiger charge is -2.39. The molecule has 2 heterocycles. The Morgan fingerprint density at radius 1 is 1.07 bits per heavy atom. The number of carbonyl (C=O) groups is 2. The van der Waals surface area contributed by atoms with Crippen molar-refractivity contribution in [3.05, 3.63) is 35.4 Å². The summed E-state index contributed by atoms with van der Waals surface area (Å²) < 4.78 is 0. The lowest BCUT2D eigenvalue weighted by molar-refractivity contribution is -0.126. The largest absolute Gasteiger partial charge is 0.393 e. The molecule has 29 heavy (non-hydrogen) atoms. The maximum Gasteiger partial charge on any atom is 0.248 e. The van der Waals surface area contributed by atoms with Gasteiger partial charge >= 0.3 is 0 Å². The number of amides is 2. The van der Waals surface area contributed by atoms with Gasteiger partial charge in [-0.2, -0.15) is 0 Å². The zero-order valence-corrected chi connectivity index (χ0v) is 17.1. The van der Waals surface area contributed by atoms with Crippen LogP contribution in [0.5, 0.6) is 0 Å². The lowest BCUT2D eigenvalue weighted by Crippen LogP contribution is -2.46. The summed E-state index contributed by atoms with van der Waals surface area (Å²) in [5, 5.41) is 12.7. The molecule has 158 valence electrons. The predicted molar refractivity (Wildman–Crippen MR) is 111 cm³/mol. The van der Waals surface area contributed by atoms with Gasteiger partial charge in [-0.25, -0.2) is 0 Å². The highest BCUT2D eigenvalue weighted by Gasteiger charge is 2.40. The van der Waals surface area contributed by atoms with Gasteiger partial charge in [-0.3, -0.25) is 14.5 Å². The van der Waals surface area contributed by atoms with Crippen LogP contribution in [0.25, 0.3) is 0 Å². The van der Waals surface area contributed by atoms with E-state index in [0.717, 1.165) is 45.1 Å². The van der Waals surface area contributed by atoms with Gasteiger partial charge in [-0.15, -0.1) is 0 Å². The number of nitrogens with one attached hydrogen (secondary N) is 1. The number of hydrogen-bond donors (Lipinski definition) is 3. The molecular weight excluding hydrogens is 366 g/mol. The van der Waals surface area contributed by atoms with Gasteiger partial charge in [-0.05, 0) is 75.0 Å². The molecule has 3 fully saturated rings. The molecule has 6 heteroatoms. The topological polar surface area (TPSA) is 95.7 Å². The molecule has 2 atom stereocenters. The minimum absolute atomic E-state index is 0.0680. The number of nitrogens with two attached hydrogens (primary N) is 1. The van der Waals surface area contributed by atoms with Crippen molar-refractivity contribution >= 4 is 11.8 Å². The summed E-state index contributed by atoms with van der Waals surface area (Å²) in [4.78, 5) is 26.5. The Hall–Kier alpha value is -1.92. The highest BCUT2D eigenvalue weighted by atomic mass is 16.3. The first-order valence-corrected chi connectivity index (χ1v) is 11.1. The quantitative estimate of drug-likeness (QED) is 0.683. The van der Waals surface area contributed by atoms with Gasteiger partial charge in [0.05, 0.1) is 6.10 Å². The number of carbonyl (C=O) groups excluding carboxylic acids is 2. The van der Waals surface area contributed by atoms with Crippen molar-refractivity contribution in [2.24, 2.45) is 11.7 Å². The fourth-order valence-corrected chi connectivity index (χ4v) is 5.65. The molecule has 1 saturated carbocycles. The van der Waals surface area contributed by atoms with Crippen LogP contribution in [0.3, 0.4) is 0 Å². The molecule has 0 spiro atoms. The fourth-order valence-electron chi connectivity index (χ4n) is 5.65. The number of fused-ring (bicyclic) bond motifs is 2. The molecule has 3 aliphatic rings. The Balaban J connectivity index is 1.28. The monoisotopic (exact) mass is 399 g/mol. The zero-order chi connectivity index (χ0) is 20.4. The highest BCUT2D eigenvalue weighted by molar-refractivity contribution is 5.92. The SMILES string of the molecule is NC(=O)c1cccc(C2CC3CCC(C2)N3CCNC(=O)[C@H]2CC[C@H](O)CC2)c1. The van der Waals surface area contributed by atoms with Crippen LogP contribution >= 0.6 is 0 Å². The van der Waals surface area contributed by atoms with Crippen LogP contribution in [-0.4, -0.2) is 53.1 Å². The van der Waals surface area contributed by atoms with E-state index < -0.39 is 0 Å². The summed E-state index contributed by atoms with van der Waals surface area (Å²) in [7, 11) is 0. The number of aliphatic hydroxyl groups is 1. The van der Waals surface area contributed by atoms with E-state index in [1.807, 2.05) is 12.1 Å². The summed E-state index contributed by atoms with van der Waals surface area (Å²) in [5.41, 5.74) is 7.27. The Labute approximate surface area is 172 Å². The summed E-state index contributed by atoms with van der Waals surface area (Å²) in [6.07, 6.45) is 7.50. The van der Waals surface area contributed by atoms with E-state index in [1.165, 1.54) is 18.4 Å². The van der Waals surface area contributed by atoms with Gasteiger partial charge < -0.3 is 16.2 Å². The lowest BCUT2D eigenvalue weighted by atomic mass is 9.84. The maximum atomic E-state index is 12.4. The smallest absolute Gasteiger partial charge is 0.248 e. The van der Waals surface area contributed by atoms with Crippen molar-refractivity contribution in [2.75, 3.05) is 13.1 Å². The van der Waals surface area contributed by atoms with Crippen molar-refractivity contribution in [2.45, 2.75) is 75.5 Å². The summed E-state index contributed by atoms with van der Waals surface area (Å²) in [6.45, 7) is 1.61. The van der Waals surface area contributed by atoms with Crippen molar-refractivity contribution in [1.82, 2.24) is 10.2 Å². The molecular formula is C23H33N3O3. The Morgan fingerprint density at radius 3 is 2.41 bits per heavy atom. The van der Waals surface area contributed by atoms with Crippen molar-refractivity contribution < 1.29 is 14.7 Å². The van der Waals surface area contributed by atoms with Gasteiger partial charge in [0.15, 0.2) is 0 Å². The van der Waals surface area contributed by atoms with Crippen molar-refractivity contribution in [1.29, 1.82) is 0 Å². The van der Waals surface area contributed by atoms with Gasteiger partial charge in [0.1, 0.15) is 0 Å². The number of benzene rings is 1. The van der Waals surface area contributed by atoms with E-state index in [9.17, 15) is 14.7 Å². The third-order valence-electron chi connectivity index (χ3n) is 7.26. The third kappa shape index (κ3) is 4.64.